The number of benzene rings is 2. The average Bonchev–Trinajstić information content (AvgIpc) is 2.78. The van der Waals surface area contributed by atoms with Crippen molar-refractivity contribution in [2.45, 2.75) is 19.3 Å². The first-order chi connectivity index (χ1) is 14.1. The van der Waals surface area contributed by atoms with Crippen molar-refractivity contribution in [2.75, 3.05) is 34.4 Å². The van der Waals surface area contributed by atoms with E-state index in [1.165, 1.54) is 40.6 Å². The second kappa shape index (κ2) is 9.82. The average molecular weight is 398 g/mol. The zero-order valence-corrected chi connectivity index (χ0v) is 17.0. The molecule has 1 fully saturated rings. The number of carbonyl (C=O) groups excluding carboxylic acids is 1. The highest BCUT2D eigenvalue weighted by Crippen LogP contribution is 2.38. The molecule has 29 heavy (non-hydrogen) atoms. The van der Waals surface area contributed by atoms with Crippen LogP contribution < -0.4 is 18.9 Å². The SMILES string of the molecule is COc1cc(C(=O)Oc2ccc(/C=N\N3CCCCC3)cc2)cc(OC)c1OC. The van der Waals surface area contributed by atoms with E-state index in [2.05, 4.69) is 10.1 Å². The Balaban J connectivity index is 1.68. The monoisotopic (exact) mass is 398 g/mol. The molecule has 3 rings (SSSR count). The Kier molecular flexibility index (Phi) is 6.94. The van der Waals surface area contributed by atoms with Crippen molar-refractivity contribution < 1.29 is 23.7 Å². The molecule has 1 heterocycles. The molecular weight excluding hydrogens is 372 g/mol. The van der Waals surface area contributed by atoms with Crippen LogP contribution in [0.25, 0.3) is 0 Å². The van der Waals surface area contributed by atoms with Gasteiger partial charge in [0.15, 0.2) is 11.5 Å². The normalized spacial score (nSPS) is 14.0. The van der Waals surface area contributed by atoms with Gasteiger partial charge in [-0.3, -0.25) is 5.01 Å². The van der Waals surface area contributed by atoms with Gasteiger partial charge < -0.3 is 18.9 Å². The van der Waals surface area contributed by atoms with E-state index in [1.807, 2.05) is 18.3 Å². The Morgan fingerprint density at radius 1 is 0.931 bits per heavy atom. The van der Waals surface area contributed by atoms with Gasteiger partial charge in [0, 0.05) is 13.1 Å². The largest absolute Gasteiger partial charge is 0.493 e. The molecule has 154 valence electrons. The van der Waals surface area contributed by atoms with E-state index < -0.39 is 5.97 Å². The smallest absolute Gasteiger partial charge is 0.343 e. The van der Waals surface area contributed by atoms with Crippen molar-refractivity contribution in [3.8, 4) is 23.0 Å². The first-order valence-electron chi connectivity index (χ1n) is 9.55. The summed E-state index contributed by atoms with van der Waals surface area (Å²) in [7, 11) is 4.50. The Bertz CT molecular complexity index is 833. The molecule has 0 aliphatic carbocycles. The number of nitrogens with zero attached hydrogens (tertiary/aromatic N) is 2. The predicted molar refractivity (Wildman–Crippen MR) is 111 cm³/mol. The van der Waals surface area contributed by atoms with Gasteiger partial charge in [-0.15, -0.1) is 0 Å². The van der Waals surface area contributed by atoms with Gasteiger partial charge in [0.2, 0.25) is 5.75 Å². The highest BCUT2D eigenvalue weighted by molar-refractivity contribution is 5.92. The van der Waals surface area contributed by atoms with Crippen LogP contribution in [-0.4, -0.2) is 51.6 Å². The first-order valence-corrected chi connectivity index (χ1v) is 9.55. The first kappa shape index (κ1) is 20.5. The number of carbonyl (C=O) groups is 1. The third kappa shape index (κ3) is 5.19. The fourth-order valence-electron chi connectivity index (χ4n) is 3.13. The van der Waals surface area contributed by atoms with Crippen LogP contribution in [-0.2, 0) is 0 Å². The van der Waals surface area contributed by atoms with Crippen molar-refractivity contribution in [3.05, 3.63) is 47.5 Å². The van der Waals surface area contributed by atoms with Gasteiger partial charge in [-0.1, -0.05) is 0 Å². The van der Waals surface area contributed by atoms with Crippen molar-refractivity contribution in [1.29, 1.82) is 0 Å². The minimum absolute atomic E-state index is 0.301. The summed E-state index contributed by atoms with van der Waals surface area (Å²) in [5.41, 5.74) is 1.25. The van der Waals surface area contributed by atoms with Gasteiger partial charge >= 0.3 is 5.97 Å². The number of ether oxygens (including phenoxy) is 4. The lowest BCUT2D eigenvalue weighted by atomic mass is 10.1. The molecule has 0 saturated carbocycles. The van der Waals surface area contributed by atoms with E-state index in [-0.39, 0.29) is 0 Å². The highest BCUT2D eigenvalue weighted by atomic mass is 16.5. The van der Waals surface area contributed by atoms with E-state index >= 15 is 0 Å². The number of rotatable bonds is 7. The van der Waals surface area contributed by atoms with E-state index in [0.29, 0.717) is 28.6 Å². The molecule has 0 amide bonds. The van der Waals surface area contributed by atoms with E-state index in [0.717, 1.165) is 18.7 Å². The molecule has 0 radical (unpaired) electrons. The molecule has 1 aliphatic heterocycles. The Labute approximate surface area is 170 Å². The van der Waals surface area contributed by atoms with Crippen LogP contribution in [0.15, 0.2) is 41.5 Å². The number of hydrogen-bond donors (Lipinski definition) is 0. The Morgan fingerprint density at radius 2 is 1.55 bits per heavy atom. The van der Waals surface area contributed by atoms with Crippen LogP contribution in [0.3, 0.4) is 0 Å². The predicted octanol–water partition coefficient (Wildman–Crippen LogP) is 3.75. The van der Waals surface area contributed by atoms with Crippen LogP contribution in [0.5, 0.6) is 23.0 Å². The molecular formula is C22H26N2O5. The molecule has 0 unspecified atom stereocenters. The lowest BCUT2D eigenvalue weighted by Gasteiger charge is -2.23. The van der Waals surface area contributed by atoms with E-state index in [1.54, 1.807) is 24.3 Å². The van der Waals surface area contributed by atoms with Crippen molar-refractivity contribution >= 4 is 12.2 Å². The quantitative estimate of drug-likeness (QED) is 0.402. The maximum Gasteiger partial charge on any atom is 0.343 e. The minimum Gasteiger partial charge on any atom is -0.493 e. The summed E-state index contributed by atoms with van der Waals surface area (Å²) in [6, 6.07) is 10.3. The van der Waals surface area contributed by atoms with Gasteiger partial charge in [-0.05, 0) is 61.2 Å². The molecule has 0 aromatic heterocycles. The summed E-state index contributed by atoms with van der Waals surface area (Å²) in [6.45, 7) is 2.00. The highest BCUT2D eigenvalue weighted by Gasteiger charge is 2.18. The summed E-state index contributed by atoms with van der Waals surface area (Å²) >= 11 is 0. The summed E-state index contributed by atoms with van der Waals surface area (Å²) in [6.07, 6.45) is 5.48. The van der Waals surface area contributed by atoms with Gasteiger partial charge in [0.05, 0.1) is 33.1 Å². The molecule has 1 aliphatic rings. The van der Waals surface area contributed by atoms with Gasteiger partial charge in [-0.25, -0.2) is 4.79 Å². The van der Waals surface area contributed by atoms with E-state index in [9.17, 15) is 4.79 Å². The van der Waals surface area contributed by atoms with Crippen LogP contribution >= 0.6 is 0 Å². The lowest BCUT2D eigenvalue weighted by molar-refractivity contribution is 0.0734. The van der Waals surface area contributed by atoms with Crippen molar-refractivity contribution in [3.63, 3.8) is 0 Å². The maximum absolute atomic E-state index is 12.6. The van der Waals surface area contributed by atoms with Crippen molar-refractivity contribution in [2.24, 2.45) is 5.10 Å². The number of piperidine rings is 1. The van der Waals surface area contributed by atoms with Crippen molar-refractivity contribution in [1.82, 2.24) is 5.01 Å². The van der Waals surface area contributed by atoms with Gasteiger partial charge in [0.1, 0.15) is 5.75 Å². The molecule has 0 atom stereocenters. The minimum atomic E-state index is -0.515. The van der Waals surface area contributed by atoms with Crippen LogP contribution in [0, 0.1) is 0 Å². The van der Waals surface area contributed by atoms with Crippen LogP contribution in [0.1, 0.15) is 35.2 Å². The van der Waals surface area contributed by atoms with Crippen LogP contribution in [0.2, 0.25) is 0 Å². The zero-order valence-electron chi connectivity index (χ0n) is 17.0. The molecule has 2 aromatic carbocycles. The fourth-order valence-corrected chi connectivity index (χ4v) is 3.13. The third-order valence-electron chi connectivity index (χ3n) is 4.69. The van der Waals surface area contributed by atoms with Crippen LogP contribution in [0.4, 0.5) is 0 Å². The molecule has 7 heteroatoms. The second-order valence-electron chi connectivity index (χ2n) is 6.63. The number of methoxy groups -OCH3 is 3. The molecule has 2 aromatic rings. The number of esters is 1. The maximum atomic E-state index is 12.6. The molecule has 1 saturated heterocycles. The Morgan fingerprint density at radius 3 is 2.10 bits per heavy atom. The van der Waals surface area contributed by atoms with Gasteiger partial charge in [0.25, 0.3) is 0 Å². The summed E-state index contributed by atoms with van der Waals surface area (Å²) in [4.78, 5) is 12.6. The molecule has 7 nitrogen and oxygen atoms in total. The summed E-state index contributed by atoms with van der Waals surface area (Å²) in [5.74, 6) is 1.13. The third-order valence-corrected chi connectivity index (χ3v) is 4.69. The number of hydrogen-bond acceptors (Lipinski definition) is 7. The molecule has 0 spiro atoms. The standard InChI is InChI=1S/C22H26N2O5/c1-26-19-13-17(14-20(27-2)21(19)28-3)22(25)29-18-9-7-16(8-10-18)15-23-24-11-5-4-6-12-24/h7-10,13-15H,4-6,11-12H2,1-3H3/b23-15-. The zero-order chi connectivity index (χ0) is 20.6. The number of hydrazone groups is 1. The fraction of sp³-hybridized carbons (Fsp3) is 0.364. The summed E-state index contributed by atoms with van der Waals surface area (Å²) in [5, 5.41) is 6.59. The lowest BCUT2D eigenvalue weighted by Crippen LogP contribution is -2.24. The van der Waals surface area contributed by atoms with E-state index in [4.69, 9.17) is 18.9 Å². The topological polar surface area (TPSA) is 69.6 Å². The second-order valence-corrected chi connectivity index (χ2v) is 6.63. The van der Waals surface area contributed by atoms with Gasteiger partial charge in [-0.2, -0.15) is 5.10 Å². The molecule has 0 N–H and O–H groups in total. The molecule has 0 bridgehead atoms. The Hall–Kier alpha value is -3.22. The summed E-state index contributed by atoms with van der Waals surface area (Å²) < 4.78 is 21.3.